The summed E-state index contributed by atoms with van der Waals surface area (Å²) >= 11 is 1.83. The minimum absolute atomic E-state index is 0.119. The highest BCUT2D eigenvalue weighted by molar-refractivity contribution is 7.12. The average molecular weight is 296 g/mol. The van der Waals surface area contributed by atoms with Crippen molar-refractivity contribution in [2.24, 2.45) is 0 Å². The van der Waals surface area contributed by atoms with Gasteiger partial charge in [-0.1, -0.05) is 20.8 Å². The van der Waals surface area contributed by atoms with Crippen molar-refractivity contribution in [3.8, 4) is 0 Å². The molecular formula is C16H28N2OS. The number of hydrogen-bond acceptors (Lipinski definition) is 4. The number of aliphatic hydroxyl groups is 1. The quantitative estimate of drug-likeness (QED) is 0.894. The topological polar surface area (TPSA) is 45.2 Å². The van der Waals surface area contributed by atoms with Crippen molar-refractivity contribution in [3.63, 3.8) is 0 Å². The first kappa shape index (κ1) is 15.9. The van der Waals surface area contributed by atoms with Crippen LogP contribution in [0.4, 0.5) is 0 Å². The van der Waals surface area contributed by atoms with Crippen LogP contribution in [0.15, 0.2) is 0 Å². The van der Waals surface area contributed by atoms with Crippen LogP contribution in [0.3, 0.4) is 0 Å². The van der Waals surface area contributed by atoms with Gasteiger partial charge in [-0.2, -0.15) is 0 Å². The molecule has 0 amide bonds. The molecule has 3 nitrogen and oxygen atoms in total. The van der Waals surface area contributed by atoms with Gasteiger partial charge in [0.2, 0.25) is 0 Å². The first-order valence-electron chi connectivity index (χ1n) is 7.69. The molecule has 0 bridgehead atoms. The van der Waals surface area contributed by atoms with Crippen molar-refractivity contribution in [1.29, 1.82) is 0 Å². The zero-order chi connectivity index (χ0) is 14.9. The number of hydrogen-bond donors (Lipinski definition) is 2. The van der Waals surface area contributed by atoms with Crippen LogP contribution in [0.2, 0.25) is 0 Å². The fourth-order valence-electron chi connectivity index (χ4n) is 2.88. The third-order valence-corrected chi connectivity index (χ3v) is 5.77. The Hall–Kier alpha value is -0.450. The lowest BCUT2D eigenvalue weighted by molar-refractivity contribution is 0.109. The lowest BCUT2D eigenvalue weighted by atomic mass is 9.92. The molecule has 20 heavy (non-hydrogen) atoms. The second-order valence-corrected chi connectivity index (χ2v) is 8.16. The molecule has 0 aromatic carbocycles. The molecule has 1 aliphatic rings. The van der Waals surface area contributed by atoms with E-state index in [0.29, 0.717) is 12.1 Å². The van der Waals surface area contributed by atoms with Crippen LogP contribution in [0.25, 0.3) is 0 Å². The molecule has 1 aromatic heterocycles. The van der Waals surface area contributed by atoms with Crippen molar-refractivity contribution in [3.05, 3.63) is 15.6 Å². The highest BCUT2D eigenvalue weighted by Crippen LogP contribution is 2.33. The van der Waals surface area contributed by atoms with E-state index in [-0.39, 0.29) is 11.5 Å². The fourth-order valence-corrected chi connectivity index (χ4v) is 4.01. The molecule has 2 rings (SSSR count). The average Bonchev–Trinajstić information content (AvgIpc) is 2.71. The van der Waals surface area contributed by atoms with Gasteiger partial charge in [0.05, 0.1) is 16.8 Å². The van der Waals surface area contributed by atoms with Gasteiger partial charge in [-0.25, -0.2) is 4.98 Å². The minimum Gasteiger partial charge on any atom is -0.393 e. The molecule has 3 unspecified atom stereocenters. The first-order valence-corrected chi connectivity index (χ1v) is 8.51. The summed E-state index contributed by atoms with van der Waals surface area (Å²) < 4.78 is 0. The Kier molecular flexibility index (Phi) is 4.88. The van der Waals surface area contributed by atoms with Crippen molar-refractivity contribution >= 4 is 11.3 Å². The Morgan fingerprint density at radius 2 is 2.05 bits per heavy atom. The Labute approximate surface area is 126 Å². The third kappa shape index (κ3) is 3.80. The molecule has 3 atom stereocenters. The number of nitrogens with one attached hydrogen (secondary N) is 1. The normalized spacial score (nSPS) is 25.7. The van der Waals surface area contributed by atoms with Gasteiger partial charge in [0.15, 0.2) is 0 Å². The monoisotopic (exact) mass is 296 g/mol. The van der Waals surface area contributed by atoms with E-state index in [0.717, 1.165) is 25.0 Å². The van der Waals surface area contributed by atoms with Crippen LogP contribution in [0.1, 0.15) is 75.0 Å². The molecule has 1 aromatic rings. The fraction of sp³-hybridized carbons (Fsp3) is 0.812. The molecule has 2 N–H and O–H groups in total. The van der Waals surface area contributed by atoms with E-state index in [1.54, 1.807) is 0 Å². The van der Waals surface area contributed by atoms with Crippen LogP contribution in [-0.4, -0.2) is 22.2 Å². The summed E-state index contributed by atoms with van der Waals surface area (Å²) in [6.45, 7) is 11.0. The highest BCUT2D eigenvalue weighted by atomic mass is 32.1. The van der Waals surface area contributed by atoms with E-state index >= 15 is 0 Å². The smallest absolute Gasteiger partial charge is 0.0985 e. The predicted molar refractivity (Wildman–Crippen MR) is 85.4 cm³/mol. The Balaban J connectivity index is 2.05. The van der Waals surface area contributed by atoms with E-state index in [2.05, 4.69) is 39.9 Å². The van der Waals surface area contributed by atoms with Gasteiger partial charge in [-0.05, 0) is 39.5 Å². The van der Waals surface area contributed by atoms with Gasteiger partial charge in [-0.15, -0.1) is 11.3 Å². The summed E-state index contributed by atoms with van der Waals surface area (Å²) in [5, 5.41) is 14.7. The lowest BCUT2D eigenvalue weighted by Gasteiger charge is -2.29. The Morgan fingerprint density at radius 1 is 1.35 bits per heavy atom. The molecule has 0 saturated heterocycles. The Bertz CT molecular complexity index is 450. The maximum atomic E-state index is 9.78. The van der Waals surface area contributed by atoms with Gasteiger partial charge in [0, 0.05) is 22.4 Å². The molecule has 0 radical (unpaired) electrons. The van der Waals surface area contributed by atoms with E-state index < -0.39 is 0 Å². The molecule has 1 fully saturated rings. The number of nitrogens with zero attached hydrogens (tertiary/aromatic N) is 1. The van der Waals surface area contributed by atoms with Crippen molar-refractivity contribution in [2.45, 2.75) is 83.9 Å². The summed E-state index contributed by atoms with van der Waals surface area (Å²) in [6, 6.07) is 0.757. The molecule has 1 aliphatic carbocycles. The first-order chi connectivity index (χ1) is 9.27. The second-order valence-electron chi connectivity index (χ2n) is 7.12. The van der Waals surface area contributed by atoms with Gasteiger partial charge in [-0.3, -0.25) is 0 Å². The maximum absolute atomic E-state index is 9.78. The summed E-state index contributed by atoms with van der Waals surface area (Å²) in [4.78, 5) is 6.08. The maximum Gasteiger partial charge on any atom is 0.0985 e. The summed E-state index contributed by atoms with van der Waals surface area (Å²) in [5.74, 6) is 0. The largest absolute Gasteiger partial charge is 0.393 e. The SMILES string of the molecule is Cc1nc(C(C)(C)C)sc1C(C)NC1CCCC(O)C1. The highest BCUT2D eigenvalue weighted by Gasteiger charge is 2.25. The van der Waals surface area contributed by atoms with Gasteiger partial charge in [0.25, 0.3) is 0 Å². The summed E-state index contributed by atoms with van der Waals surface area (Å²) in [7, 11) is 0. The van der Waals surface area contributed by atoms with E-state index in [1.807, 2.05) is 11.3 Å². The van der Waals surface area contributed by atoms with Crippen molar-refractivity contribution in [1.82, 2.24) is 10.3 Å². The van der Waals surface area contributed by atoms with Gasteiger partial charge in [0.1, 0.15) is 0 Å². The van der Waals surface area contributed by atoms with Gasteiger partial charge >= 0.3 is 0 Å². The van der Waals surface area contributed by atoms with Crippen LogP contribution in [-0.2, 0) is 5.41 Å². The van der Waals surface area contributed by atoms with Crippen molar-refractivity contribution < 1.29 is 5.11 Å². The zero-order valence-electron chi connectivity index (χ0n) is 13.4. The van der Waals surface area contributed by atoms with Gasteiger partial charge < -0.3 is 10.4 Å². The second kappa shape index (κ2) is 6.12. The molecule has 114 valence electrons. The minimum atomic E-state index is -0.124. The van der Waals surface area contributed by atoms with Crippen molar-refractivity contribution in [2.75, 3.05) is 0 Å². The van der Waals surface area contributed by atoms with Crippen LogP contribution in [0, 0.1) is 6.92 Å². The van der Waals surface area contributed by atoms with Crippen LogP contribution in [0.5, 0.6) is 0 Å². The predicted octanol–water partition coefficient (Wildman–Crippen LogP) is 3.70. The van der Waals surface area contributed by atoms with E-state index in [1.165, 1.54) is 16.3 Å². The molecule has 0 spiro atoms. The zero-order valence-corrected chi connectivity index (χ0v) is 14.2. The summed E-state index contributed by atoms with van der Waals surface area (Å²) in [6.07, 6.45) is 4.02. The molecule has 1 heterocycles. The number of aryl methyl sites for hydroxylation is 1. The number of aliphatic hydroxyl groups excluding tert-OH is 1. The molecule has 0 aliphatic heterocycles. The number of thiazole rings is 1. The number of rotatable bonds is 3. The van der Waals surface area contributed by atoms with Crippen LogP contribution >= 0.6 is 11.3 Å². The summed E-state index contributed by atoms with van der Waals surface area (Å²) in [5.41, 5.74) is 1.27. The van der Waals surface area contributed by atoms with E-state index in [4.69, 9.17) is 4.98 Å². The molecule has 4 heteroatoms. The Morgan fingerprint density at radius 3 is 2.60 bits per heavy atom. The standard InChI is InChI=1S/C16H28N2OS/c1-10(17-12-7-6-8-13(19)9-12)14-11(2)18-15(20-14)16(3,4)5/h10,12-13,17,19H,6-9H2,1-5H3. The van der Waals surface area contributed by atoms with Crippen LogP contribution < -0.4 is 5.32 Å². The lowest BCUT2D eigenvalue weighted by Crippen LogP contribution is -2.37. The number of aromatic nitrogens is 1. The third-order valence-electron chi connectivity index (χ3n) is 4.00. The van der Waals surface area contributed by atoms with E-state index in [9.17, 15) is 5.11 Å². The molecule has 1 saturated carbocycles. The molecular weight excluding hydrogens is 268 g/mol.